The predicted molar refractivity (Wildman–Crippen MR) is 71.5 cm³/mol. The minimum Gasteiger partial charge on any atom is -0.480 e. The van der Waals surface area contributed by atoms with Crippen LogP contribution in [0, 0.1) is 6.92 Å². The number of nitrogens with zero attached hydrogens (tertiary/aromatic N) is 5. The minimum absolute atomic E-state index is 0.144. The normalized spacial score (nSPS) is 10.4. The number of urea groups is 1. The molecule has 0 unspecified atom stereocenters. The van der Waals surface area contributed by atoms with Crippen LogP contribution in [-0.4, -0.2) is 41.9 Å². The Morgan fingerprint density at radius 2 is 2.14 bits per heavy atom. The second kappa shape index (κ2) is 6.03. The molecule has 21 heavy (non-hydrogen) atoms. The van der Waals surface area contributed by atoms with E-state index in [2.05, 4.69) is 26.0 Å². The number of carboxylic acids is 1. The molecule has 0 atom stereocenters. The lowest BCUT2D eigenvalue weighted by Gasteiger charge is -2.04. The number of rotatable bonds is 5. The first-order chi connectivity index (χ1) is 9.94. The second-order valence-electron chi connectivity index (χ2n) is 4.41. The molecule has 0 bridgehead atoms. The molecule has 2 aromatic heterocycles. The highest BCUT2D eigenvalue weighted by Crippen LogP contribution is 2.10. The van der Waals surface area contributed by atoms with E-state index in [1.807, 2.05) is 0 Å². The van der Waals surface area contributed by atoms with Crippen LogP contribution in [0.15, 0.2) is 12.4 Å². The lowest BCUT2D eigenvalue weighted by Crippen LogP contribution is -2.28. The van der Waals surface area contributed by atoms with E-state index in [0.717, 1.165) is 0 Å². The van der Waals surface area contributed by atoms with Gasteiger partial charge in [-0.05, 0) is 6.92 Å². The summed E-state index contributed by atoms with van der Waals surface area (Å²) in [4.78, 5) is 22.2. The lowest BCUT2D eigenvalue weighted by molar-refractivity contribution is -0.137. The van der Waals surface area contributed by atoms with Gasteiger partial charge in [0, 0.05) is 13.2 Å². The van der Waals surface area contributed by atoms with Gasteiger partial charge in [-0.25, -0.2) is 9.48 Å². The molecule has 0 aliphatic heterocycles. The molecule has 2 amide bonds. The summed E-state index contributed by atoms with van der Waals surface area (Å²) in [6.07, 6.45) is 3.15. The molecule has 2 aromatic rings. The van der Waals surface area contributed by atoms with Crippen molar-refractivity contribution < 1.29 is 14.7 Å². The molecule has 0 fully saturated rings. The molecule has 10 nitrogen and oxygen atoms in total. The van der Waals surface area contributed by atoms with Crippen LogP contribution >= 0.6 is 0 Å². The molecule has 3 N–H and O–H groups in total. The molecule has 0 aliphatic rings. The van der Waals surface area contributed by atoms with Crippen molar-refractivity contribution in [3.05, 3.63) is 23.8 Å². The van der Waals surface area contributed by atoms with Crippen LogP contribution in [0.25, 0.3) is 0 Å². The smallest absolute Gasteiger partial charge is 0.325 e. The maximum Gasteiger partial charge on any atom is 0.325 e. The highest BCUT2D eigenvalue weighted by Gasteiger charge is 2.09. The third-order valence-corrected chi connectivity index (χ3v) is 2.58. The van der Waals surface area contributed by atoms with Crippen molar-refractivity contribution in [2.24, 2.45) is 7.05 Å². The van der Waals surface area contributed by atoms with Gasteiger partial charge in [0.1, 0.15) is 12.2 Å². The Morgan fingerprint density at radius 3 is 2.76 bits per heavy atom. The molecule has 10 heteroatoms. The van der Waals surface area contributed by atoms with Gasteiger partial charge >= 0.3 is 12.0 Å². The van der Waals surface area contributed by atoms with E-state index < -0.39 is 12.0 Å². The van der Waals surface area contributed by atoms with Gasteiger partial charge in [-0.3, -0.25) is 9.48 Å². The quantitative estimate of drug-likeness (QED) is 0.696. The summed E-state index contributed by atoms with van der Waals surface area (Å²) < 4.78 is 2.78. The van der Waals surface area contributed by atoms with E-state index in [0.29, 0.717) is 17.1 Å². The largest absolute Gasteiger partial charge is 0.480 e. The number of nitrogens with one attached hydrogen (secondary N) is 2. The van der Waals surface area contributed by atoms with Crippen LogP contribution < -0.4 is 10.6 Å². The summed E-state index contributed by atoms with van der Waals surface area (Å²) in [5.74, 6) is -1.01. The summed E-state index contributed by atoms with van der Waals surface area (Å²) >= 11 is 0. The molecule has 0 saturated heterocycles. The SMILES string of the molecule is Cc1nn(C)cc1NC(=O)NCc1cn(CC(=O)O)nn1. The molecule has 0 aliphatic carbocycles. The number of amides is 2. The Bertz CT molecular complexity index is 661. The van der Waals surface area contributed by atoms with E-state index in [1.165, 1.54) is 10.9 Å². The second-order valence-corrected chi connectivity index (χ2v) is 4.41. The van der Waals surface area contributed by atoms with Gasteiger partial charge in [-0.2, -0.15) is 5.10 Å². The number of hydrogen-bond acceptors (Lipinski definition) is 5. The van der Waals surface area contributed by atoms with Crippen LogP contribution in [0.3, 0.4) is 0 Å². The average molecular weight is 293 g/mol. The minimum atomic E-state index is -1.01. The fraction of sp³-hybridized carbons (Fsp3) is 0.364. The Labute approximate surface area is 119 Å². The molecule has 112 valence electrons. The number of aromatic nitrogens is 5. The van der Waals surface area contributed by atoms with Gasteiger partial charge in [-0.1, -0.05) is 5.21 Å². The third kappa shape index (κ3) is 4.03. The Hall–Kier alpha value is -2.91. The zero-order chi connectivity index (χ0) is 15.4. The van der Waals surface area contributed by atoms with Gasteiger partial charge in [-0.15, -0.1) is 5.10 Å². The molecule has 0 radical (unpaired) electrons. The number of aryl methyl sites for hydroxylation is 2. The molecular weight excluding hydrogens is 278 g/mol. The monoisotopic (exact) mass is 293 g/mol. The van der Waals surface area contributed by atoms with E-state index in [-0.39, 0.29) is 13.1 Å². The van der Waals surface area contributed by atoms with E-state index in [4.69, 9.17) is 5.11 Å². The van der Waals surface area contributed by atoms with Crippen LogP contribution in [-0.2, 0) is 24.9 Å². The number of carbonyl (C=O) groups excluding carboxylic acids is 1. The van der Waals surface area contributed by atoms with E-state index in [1.54, 1.807) is 24.9 Å². The van der Waals surface area contributed by atoms with Crippen molar-refractivity contribution in [1.29, 1.82) is 0 Å². The third-order valence-electron chi connectivity index (χ3n) is 2.58. The number of hydrogen-bond donors (Lipinski definition) is 3. The summed E-state index contributed by atoms with van der Waals surface area (Å²) in [5.41, 5.74) is 1.79. The fourth-order valence-electron chi connectivity index (χ4n) is 1.70. The zero-order valence-corrected chi connectivity index (χ0v) is 11.6. The number of carbonyl (C=O) groups is 2. The molecule has 2 heterocycles. The summed E-state index contributed by atoms with van der Waals surface area (Å²) in [5, 5.41) is 25.4. The van der Waals surface area contributed by atoms with Crippen LogP contribution in [0.5, 0.6) is 0 Å². The number of aliphatic carboxylic acids is 1. The summed E-state index contributed by atoms with van der Waals surface area (Å²) in [7, 11) is 1.76. The first-order valence-corrected chi connectivity index (χ1v) is 6.10. The molecule has 0 spiro atoms. The summed E-state index contributed by atoms with van der Waals surface area (Å²) in [6, 6.07) is -0.404. The van der Waals surface area contributed by atoms with Crippen molar-refractivity contribution in [3.8, 4) is 0 Å². The zero-order valence-electron chi connectivity index (χ0n) is 11.6. The summed E-state index contributed by atoms with van der Waals surface area (Å²) in [6.45, 7) is 1.66. The number of carboxylic acid groups (broad SMARTS) is 1. The molecular formula is C11H15N7O3. The first kappa shape index (κ1) is 14.5. The van der Waals surface area contributed by atoms with E-state index in [9.17, 15) is 9.59 Å². The molecule has 0 aromatic carbocycles. The van der Waals surface area contributed by atoms with Crippen molar-refractivity contribution in [2.45, 2.75) is 20.0 Å². The van der Waals surface area contributed by atoms with Gasteiger partial charge in [0.05, 0.1) is 24.1 Å². The van der Waals surface area contributed by atoms with Crippen molar-refractivity contribution in [2.75, 3.05) is 5.32 Å². The molecule has 0 saturated carbocycles. The average Bonchev–Trinajstić information content (AvgIpc) is 2.93. The van der Waals surface area contributed by atoms with E-state index >= 15 is 0 Å². The van der Waals surface area contributed by atoms with Gasteiger partial charge in [0.25, 0.3) is 0 Å². The van der Waals surface area contributed by atoms with Gasteiger partial charge < -0.3 is 15.7 Å². The highest BCUT2D eigenvalue weighted by atomic mass is 16.4. The highest BCUT2D eigenvalue weighted by molar-refractivity contribution is 5.89. The van der Waals surface area contributed by atoms with Crippen LogP contribution in [0.4, 0.5) is 10.5 Å². The predicted octanol–water partition coefficient (Wildman–Crippen LogP) is -0.274. The maximum absolute atomic E-state index is 11.7. The Balaban J connectivity index is 1.85. The number of anilines is 1. The van der Waals surface area contributed by atoms with Gasteiger partial charge in [0.2, 0.25) is 0 Å². The molecule has 2 rings (SSSR count). The van der Waals surface area contributed by atoms with Crippen molar-refractivity contribution in [3.63, 3.8) is 0 Å². The van der Waals surface area contributed by atoms with Crippen molar-refractivity contribution in [1.82, 2.24) is 30.1 Å². The van der Waals surface area contributed by atoms with Crippen LogP contribution in [0.2, 0.25) is 0 Å². The standard InChI is InChI=1S/C11H15N7O3/c1-7-9(5-17(2)15-7)13-11(21)12-3-8-4-18(16-14-8)6-10(19)20/h4-5H,3,6H2,1-2H3,(H,19,20)(H2,12,13,21). The topological polar surface area (TPSA) is 127 Å². The van der Waals surface area contributed by atoms with Crippen molar-refractivity contribution >= 4 is 17.7 Å². The van der Waals surface area contributed by atoms with Crippen LogP contribution in [0.1, 0.15) is 11.4 Å². The van der Waals surface area contributed by atoms with Gasteiger partial charge in [0.15, 0.2) is 0 Å². The first-order valence-electron chi connectivity index (χ1n) is 6.10. The maximum atomic E-state index is 11.7. The lowest BCUT2D eigenvalue weighted by atomic mass is 10.4. The Morgan fingerprint density at radius 1 is 1.38 bits per heavy atom. The fourth-order valence-corrected chi connectivity index (χ4v) is 1.70. The Kier molecular flexibility index (Phi) is 4.16.